The van der Waals surface area contributed by atoms with Gasteiger partial charge in [-0.3, -0.25) is 4.79 Å². The van der Waals surface area contributed by atoms with Crippen molar-refractivity contribution in [3.63, 3.8) is 0 Å². The number of methoxy groups -OCH3 is 1. The van der Waals surface area contributed by atoms with E-state index in [1.54, 1.807) is 24.3 Å². The van der Waals surface area contributed by atoms with Gasteiger partial charge in [0.15, 0.2) is 10.8 Å². The van der Waals surface area contributed by atoms with Crippen molar-refractivity contribution in [1.82, 2.24) is 0 Å². The molecule has 0 heterocycles. The van der Waals surface area contributed by atoms with E-state index in [1.165, 1.54) is 0 Å². The van der Waals surface area contributed by atoms with E-state index in [9.17, 15) is 31.1 Å². The highest BCUT2D eigenvalue weighted by molar-refractivity contribution is 5.80. The summed E-state index contributed by atoms with van der Waals surface area (Å²) in [5, 5.41) is 46.4. The summed E-state index contributed by atoms with van der Waals surface area (Å²) < 4.78 is 4.58. The number of rotatable bonds is 1. The molecule has 2 aliphatic carbocycles. The van der Waals surface area contributed by atoms with Crippen LogP contribution in [-0.2, 0) is 9.53 Å². The topological polar surface area (TPSA) is 145 Å². The van der Waals surface area contributed by atoms with Crippen LogP contribution in [0.3, 0.4) is 0 Å². The summed E-state index contributed by atoms with van der Waals surface area (Å²) in [5.41, 5.74) is -5.29. The highest BCUT2D eigenvalue weighted by Gasteiger charge is 2.93. The molecular formula is C13H7N5O2. The van der Waals surface area contributed by atoms with Crippen LogP contribution in [0.15, 0.2) is 0 Å². The van der Waals surface area contributed by atoms with Crippen molar-refractivity contribution in [2.45, 2.75) is 6.42 Å². The van der Waals surface area contributed by atoms with Gasteiger partial charge < -0.3 is 4.74 Å². The molecule has 2 aliphatic rings. The maximum absolute atomic E-state index is 11.6. The van der Waals surface area contributed by atoms with Gasteiger partial charge in [0.1, 0.15) is 0 Å². The lowest BCUT2D eigenvalue weighted by Gasteiger charge is -2.54. The van der Waals surface area contributed by atoms with Gasteiger partial charge in [-0.2, -0.15) is 26.3 Å². The molecule has 7 heteroatoms. The zero-order valence-corrected chi connectivity index (χ0v) is 10.4. The summed E-state index contributed by atoms with van der Waals surface area (Å²) in [6, 6.07) is 8.56. The second kappa shape index (κ2) is 3.71. The number of nitriles is 5. The minimum atomic E-state index is -2.03. The van der Waals surface area contributed by atoms with E-state index in [1.807, 2.05) is 6.07 Å². The highest BCUT2D eigenvalue weighted by atomic mass is 16.5. The molecule has 2 rings (SSSR count). The number of ether oxygens (including phenoxy) is 1. The van der Waals surface area contributed by atoms with Crippen molar-refractivity contribution < 1.29 is 9.53 Å². The predicted molar refractivity (Wildman–Crippen MR) is 59.0 cm³/mol. The maximum Gasteiger partial charge on any atom is 0.309 e. The normalized spacial score (nSPS) is 34.0. The Bertz CT molecular complexity index is 679. The van der Waals surface area contributed by atoms with Crippen LogP contribution in [-0.4, -0.2) is 13.1 Å². The van der Waals surface area contributed by atoms with Gasteiger partial charge in [0, 0.05) is 5.41 Å². The van der Waals surface area contributed by atoms with Crippen LogP contribution in [0.5, 0.6) is 0 Å². The van der Waals surface area contributed by atoms with Crippen molar-refractivity contribution in [3.05, 3.63) is 0 Å². The van der Waals surface area contributed by atoms with Crippen molar-refractivity contribution in [2.24, 2.45) is 28.1 Å². The molecule has 3 unspecified atom stereocenters. The van der Waals surface area contributed by atoms with E-state index in [4.69, 9.17) is 0 Å². The first kappa shape index (κ1) is 13.4. The third-order valence-corrected chi connectivity index (χ3v) is 4.54. The maximum atomic E-state index is 11.6. The van der Waals surface area contributed by atoms with E-state index in [0.717, 1.165) is 7.11 Å². The van der Waals surface area contributed by atoms with Crippen LogP contribution >= 0.6 is 0 Å². The van der Waals surface area contributed by atoms with Gasteiger partial charge >= 0.3 is 5.97 Å². The summed E-state index contributed by atoms with van der Waals surface area (Å²) in [5.74, 6) is -2.59. The van der Waals surface area contributed by atoms with Crippen LogP contribution in [0.25, 0.3) is 0 Å². The van der Waals surface area contributed by atoms with Gasteiger partial charge in [-0.25, -0.2) is 0 Å². The number of carbonyl (C=O) groups is 1. The van der Waals surface area contributed by atoms with Crippen molar-refractivity contribution in [2.75, 3.05) is 7.11 Å². The van der Waals surface area contributed by atoms with Gasteiger partial charge in [0.25, 0.3) is 0 Å². The summed E-state index contributed by atoms with van der Waals surface area (Å²) in [4.78, 5) is 11.6. The highest BCUT2D eigenvalue weighted by Crippen LogP contribution is 2.83. The Labute approximate surface area is 114 Å². The number of nitrogens with zero attached hydrogens (tertiary/aromatic N) is 5. The Morgan fingerprint density at radius 3 is 2.00 bits per heavy atom. The van der Waals surface area contributed by atoms with E-state index in [0.29, 0.717) is 0 Å². The first-order valence-corrected chi connectivity index (χ1v) is 5.64. The molecule has 96 valence electrons. The van der Waals surface area contributed by atoms with Crippen LogP contribution in [0.2, 0.25) is 0 Å². The minimum absolute atomic E-state index is 0.101. The quantitative estimate of drug-likeness (QED) is 0.623. The second-order valence-corrected chi connectivity index (χ2v) is 4.89. The number of carbonyl (C=O) groups excluding carboxylic acids is 1. The molecule has 0 aromatic rings. The fraction of sp³-hybridized carbons (Fsp3) is 0.538. The largest absolute Gasteiger partial charge is 0.469 e. The Kier molecular flexibility index (Phi) is 2.48. The van der Waals surface area contributed by atoms with Crippen LogP contribution in [0.1, 0.15) is 6.42 Å². The van der Waals surface area contributed by atoms with E-state index in [2.05, 4.69) is 4.74 Å². The molecule has 0 bridgehead atoms. The average molecular weight is 265 g/mol. The lowest BCUT2D eigenvalue weighted by molar-refractivity contribution is -0.148. The van der Waals surface area contributed by atoms with E-state index in [-0.39, 0.29) is 6.42 Å². The van der Waals surface area contributed by atoms with Crippen LogP contribution in [0.4, 0.5) is 0 Å². The molecule has 0 saturated heterocycles. The van der Waals surface area contributed by atoms with Gasteiger partial charge in [0.05, 0.1) is 49.3 Å². The minimum Gasteiger partial charge on any atom is -0.469 e. The summed E-state index contributed by atoms with van der Waals surface area (Å²) in [7, 11) is 1.16. The average Bonchev–Trinajstić information content (AvgIpc) is 3.23. The van der Waals surface area contributed by atoms with Gasteiger partial charge in [-0.1, -0.05) is 0 Å². The van der Waals surface area contributed by atoms with Gasteiger partial charge in [-0.05, 0) is 6.42 Å². The van der Waals surface area contributed by atoms with Gasteiger partial charge in [-0.15, -0.1) is 0 Å². The molecule has 1 spiro atoms. The lowest BCUT2D eigenvalue weighted by atomic mass is 9.37. The van der Waals surface area contributed by atoms with E-state index >= 15 is 0 Å². The van der Waals surface area contributed by atoms with Crippen LogP contribution in [0, 0.1) is 84.7 Å². The molecule has 0 aromatic heterocycles. The third kappa shape index (κ3) is 0.925. The van der Waals surface area contributed by atoms with E-state index < -0.39 is 34.1 Å². The molecule has 0 radical (unpaired) electrons. The molecule has 20 heavy (non-hydrogen) atoms. The third-order valence-electron chi connectivity index (χ3n) is 4.54. The zero-order chi connectivity index (χ0) is 15.2. The summed E-state index contributed by atoms with van der Waals surface area (Å²) >= 11 is 0. The first-order valence-electron chi connectivity index (χ1n) is 5.64. The molecular weight excluding hydrogens is 258 g/mol. The number of hydrogen-bond acceptors (Lipinski definition) is 7. The Morgan fingerprint density at radius 1 is 1.10 bits per heavy atom. The SMILES string of the molecule is COC(=O)C1CC12C(C#N)C(C#N)(C#N)C2(C#N)C#N. The molecule has 0 N–H and O–H groups in total. The molecule has 0 aliphatic heterocycles. The molecule has 2 saturated carbocycles. The van der Waals surface area contributed by atoms with Crippen LogP contribution < -0.4 is 0 Å². The lowest BCUT2D eigenvalue weighted by Crippen LogP contribution is -2.65. The molecule has 0 amide bonds. The fourth-order valence-electron chi connectivity index (χ4n) is 3.50. The summed E-state index contributed by atoms with van der Waals surface area (Å²) in [6.45, 7) is 0. The standard InChI is InChI=1S/C13H7N5O2/c1-20-10(19)8-2-13(8)9(3-14)11(4-15,5-16)12(13,6-17)7-18/h8-9H,2H2,1H3. The van der Waals surface area contributed by atoms with Gasteiger partial charge in [0.2, 0.25) is 0 Å². The monoisotopic (exact) mass is 265 g/mol. The molecule has 7 nitrogen and oxygen atoms in total. The molecule has 2 fully saturated rings. The summed E-state index contributed by atoms with van der Waals surface area (Å²) in [6.07, 6.45) is 0.101. The first-order chi connectivity index (χ1) is 9.51. The zero-order valence-electron chi connectivity index (χ0n) is 10.4. The second-order valence-electron chi connectivity index (χ2n) is 4.89. The number of esters is 1. The van der Waals surface area contributed by atoms with Crippen molar-refractivity contribution in [1.29, 1.82) is 26.3 Å². The Morgan fingerprint density at radius 2 is 1.65 bits per heavy atom. The molecule has 3 atom stereocenters. The van der Waals surface area contributed by atoms with Crippen molar-refractivity contribution >= 4 is 5.97 Å². The fourth-order valence-corrected chi connectivity index (χ4v) is 3.50. The predicted octanol–water partition coefficient (Wildman–Crippen LogP) is 0.386. The molecule has 0 aromatic carbocycles. The Balaban J connectivity index is 2.64. The number of hydrogen-bond donors (Lipinski definition) is 0. The van der Waals surface area contributed by atoms with Crippen molar-refractivity contribution in [3.8, 4) is 30.3 Å². The smallest absolute Gasteiger partial charge is 0.309 e. The Hall–Kier alpha value is -3.08.